The third-order valence-electron chi connectivity index (χ3n) is 16.6. The summed E-state index contributed by atoms with van der Waals surface area (Å²) in [5.74, 6) is -4.56. The SMILES string of the molecule is Cc1cc2n(n1)C1(n3nc(C(F)(F)F)cc3-c3cc(F)cc[n+]31)[n+]1ccncc1-2.Cc1cc[n+]2c(c1)-c1cc(C(F)(F)F)nn1C21n2nc(C)c(C)c2-c2cncc[n+]21.Cc1cc[n+]2c(c1)-c1cc(C(F)(F)F)nn1C21n2nc(C)cc2-c2cncc[n+]21. The minimum atomic E-state index is -4.65. The topological polar surface area (TPSA) is 169 Å². The standard InChI is InChI=1S/C20H16F3N7.C19H14F3N7.C18H11F4N7/c1-11-4-6-27-14(8-11)15-9-17(19(21,22)23)26-29(15)20(27)28-7-5-24-10-16(28)18-12(2)13(3)25-30(18)20;1-11-3-5-26-13(7-11)15-9-17(18(20,21)22)25-29(15)19(26)27-6-4-23-10-16(27)14-8-12(2)24-28(14)19;1-10-6-13-15-9-23-3-5-27(15)18(28(13)24-10)26-4-2-11(19)7-12(26)14-8-16(17(20,21)22)25-29(14)18/h4-10H,1-3H3;3-10H,1-2H3;2-9H,1H3/q3*+2. The Balaban J connectivity index is 0.000000106. The van der Waals surface area contributed by atoms with Crippen LogP contribution in [0.1, 0.15) is 50.9 Å². The average Bonchev–Trinajstić information content (AvgIpc) is 1.53. The summed E-state index contributed by atoms with van der Waals surface area (Å²) in [5.41, 5.74) is 8.86. The van der Waals surface area contributed by atoms with E-state index in [2.05, 4.69) is 40.4 Å². The first kappa shape index (κ1) is 52.8. The number of hydrogen-bond acceptors (Lipinski definition) is 9. The van der Waals surface area contributed by atoms with E-state index in [0.29, 0.717) is 39.9 Å². The predicted octanol–water partition coefficient (Wildman–Crippen LogP) is 5.72. The van der Waals surface area contributed by atoms with Crippen molar-refractivity contribution in [1.82, 2.24) is 73.6 Å². The zero-order valence-corrected chi connectivity index (χ0v) is 46.5. The first-order valence-corrected chi connectivity index (χ1v) is 27.0. The van der Waals surface area contributed by atoms with E-state index < -0.39 is 59.2 Å². The molecule has 0 saturated heterocycles. The van der Waals surface area contributed by atoms with Crippen molar-refractivity contribution in [3.63, 3.8) is 0 Å². The first-order valence-electron chi connectivity index (χ1n) is 27.0. The quantitative estimate of drug-likeness (QED) is 0.136. The Kier molecular flexibility index (Phi) is 10.2. The smallest absolute Gasteiger partial charge is 0.251 e. The summed E-state index contributed by atoms with van der Waals surface area (Å²) in [5, 5.41) is 25.9. The molecule has 6 aliphatic rings. The van der Waals surface area contributed by atoms with Gasteiger partial charge >= 0.3 is 36.3 Å². The normalized spacial score (nSPS) is 18.6. The van der Waals surface area contributed by atoms with Gasteiger partial charge in [0, 0.05) is 60.2 Å². The fourth-order valence-electron chi connectivity index (χ4n) is 13.1. The van der Waals surface area contributed by atoms with Gasteiger partial charge < -0.3 is 0 Å². The van der Waals surface area contributed by atoms with Crippen LogP contribution < -0.4 is 27.4 Å². The van der Waals surface area contributed by atoms with Crippen molar-refractivity contribution in [2.75, 3.05) is 0 Å². The molecule has 0 saturated carbocycles. The number of aromatic nitrogens is 21. The Morgan fingerprint density at radius 1 is 0.364 bits per heavy atom. The van der Waals surface area contributed by atoms with Crippen molar-refractivity contribution in [2.24, 2.45) is 0 Å². The fraction of sp³-hybridized carbons (Fsp3) is 0.211. The van der Waals surface area contributed by atoms with E-state index in [9.17, 15) is 43.9 Å². The van der Waals surface area contributed by atoms with E-state index in [4.69, 9.17) is 5.10 Å². The fourth-order valence-corrected chi connectivity index (χ4v) is 13.1. The van der Waals surface area contributed by atoms with Gasteiger partial charge in [-0.05, 0) is 64.8 Å². The van der Waals surface area contributed by atoms with Gasteiger partial charge in [-0.1, -0.05) is 27.4 Å². The maximum atomic E-state index is 14.1. The van der Waals surface area contributed by atoms with Crippen molar-refractivity contribution >= 4 is 0 Å². The summed E-state index contributed by atoms with van der Waals surface area (Å²) < 4.78 is 156. The highest BCUT2D eigenvalue weighted by Gasteiger charge is 2.73. The summed E-state index contributed by atoms with van der Waals surface area (Å²) in [4.78, 5) is 12.6. The van der Waals surface area contributed by atoms with Crippen molar-refractivity contribution in [1.29, 1.82) is 0 Å². The summed E-state index contributed by atoms with van der Waals surface area (Å²) in [6.45, 7) is 11.3. The third kappa shape index (κ3) is 6.57. The van der Waals surface area contributed by atoms with Gasteiger partial charge in [-0.2, -0.15) is 70.1 Å². The van der Waals surface area contributed by atoms with Crippen LogP contribution >= 0.6 is 0 Å². The number of halogens is 10. The summed E-state index contributed by atoms with van der Waals surface area (Å²) in [6.07, 6.45) is 6.31. The Labute approximate surface area is 487 Å². The van der Waals surface area contributed by atoms with Crippen LogP contribution in [0, 0.1) is 47.4 Å². The molecule has 0 N–H and O–H groups in total. The Bertz CT molecular complexity index is 4830. The van der Waals surface area contributed by atoms with E-state index >= 15 is 0 Å². The number of rotatable bonds is 0. The highest BCUT2D eigenvalue weighted by molar-refractivity contribution is 5.63. The van der Waals surface area contributed by atoms with Crippen molar-refractivity contribution < 1.29 is 71.3 Å². The number of nitrogens with zero attached hydrogens (tertiary/aromatic N) is 21. The largest absolute Gasteiger partial charge is 0.583 e. The van der Waals surface area contributed by atoms with Gasteiger partial charge in [-0.25, -0.2) is 4.39 Å². The molecule has 0 bridgehead atoms. The molecule has 3 atom stereocenters. The molecular weight excluding hydrogens is 1170 g/mol. The molecule has 0 amide bonds. The molecule has 3 spiro atoms. The predicted molar refractivity (Wildman–Crippen MR) is 276 cm³/mol. The zero-order chi connectivity index (χ0) is 61.3. The summed E-state index contributed by atoms with van der Waals surface area (Å²) >= 11 is 0. The molecule has 21 nitrogen and oxygen atoms in total. The molecule has 3 unspecified atom stereocenters. The highest BCUT2D eigenvalue weighted by atomic mass is 19.4. The molecule has 0 fully saturated rings. The van der Waals surface area contributed by atoms with Crippen LogP contribution in [-0.4, -0.2) is 73.6 Å². The molecule has 31 heteroatoms. The van der Waals surface area contributed by atoms with Crippen LogP contribution in [0.3, 0.4) is 0 Å². The molecule has 0 aromatic carbocycles. The van der Waals surface area contributed by atoms with E-state index in [1.165, 1.54) is 38.6 Å². The lowest BCUT2D eigenvalue weighted by Crippen LogP contribution is -2.77. The number of fused-ring (bicyclic) bond motifs is 30. The van der Waals surface area contributed by atoms with Crippen LogP contribution in [-0.2, 0) is 36.3 Å². The van der Waals surface area contributed by atoms with Crippen molar-refractivity contribution in [3.05, 3.63) is 198 Å². The Morgan fingerprint density at radius 2 is 0.705 bits per heavy atom. The van der Waals surface area contributed by atoms with Gasteiger partial charge in [0.2, 0.25) is 17.1 Å². The molecule has 0 radical (unpaired) electrons. The van der Waals surface area contributed by atoms with E-state index in [0.717, 1.165) is 69.1 Å². The van der Waals surface area contributed by atoms with E-state index in [1.54, 1.807) is 79.7 Å². The van der Waals surface area contributed by atoms with Gasteiger partial charge in [0.15, 0.2) is 88.4 Å². The van der Waals surface area contributed by atoms with Gasteiger partial charge in [-0.15, -0.1) is 28.1 Å². The first-order chi connectivity index (χ1) is 41.9. The lowest BCUT2D eigenvalue weighted by molar-refractivity contribution is -0.991. The Morgan fingerprint density at radius 3 is 1.12 bits per heavy atom. The number of hydrogen-bond donors (Lipinski definition) is 0. The monoisotopic (exact) mass is 1210 g/mol. The molecule has 438 valence electrons. The summed E-state index contributed by atoms with van der Waals surface area (Å²) in [7, 11) is 0. The second-order valence-corrected chi connectivity index (χ2v) is 21.9. The average molecular weight is 1210 g/mol. The second-order valence-electron chi connectivity index (χ2n) is 21.9. The Hall–Kier alpha value is -10.8. The van der Waals surface area contributed by atoms with Crippen LogP contribution in [0.15, 0.2) is 141 Å². The molecule has 12 aromatic heterocycles. The second kappa shape index (κ2) is 17.0. The van der Waals surface area contributed by atoms with Gasteiger partial charge in [0.05, 0.1) is 35.7 Å². The lowest BCUT2D eigenvalue weighted by Gasteiger charge is -2.16. The lowest BCUT2D eigenvalue weighted by atomic mass is 10.2. The molecular formula is C57H41F10N21+6. The molecule has 18 rings (SSSR count). The maximum Gasteiger partial charge on any atom is 0.583 e. The number of alkyl halides is 9. The van der Waals surface area contributed by atoms with Crippen LogP contribution in [0.4, 0.5) is 43.9 Å². The maximum absolute atomic E-state index is 14.1. The third-order valence-corrected chi connectivity index (χ3v) is 16.6. The van der Waals surface area contributed by atoms with Gasteiger partial charge in [-0.3, -0.25) is 15.0 Å². The highest BCUT2D eigenvalue weighted by Crippen LogP contribution is 2.45. The molecule has 0 aliphatic carbocycles. The number of pyridine rings is 3. The van der Waals surface area contributed by atoms with E-state index in [1.807, 2.05) is 102 Å². The number of aryl methyl sites for hydroxylation is 5. The van der Waals surface area contributed by atoms with Gasteiger partial charge in [0.1, 0.15) is 24.4 Å². The molecule has 18 heterocycles. The van der Waals surface area contributed by atoms with Crippen LogP contribution in [0.5, 0.6) is 0 Å². The minimum absolute atomic E-state index is 0.132. The van der Waals surface area contributed by atoms with Crippen molar-refractivity contribution in [3.8, 4) is 68.3 Å². The van der Waals surface area contributed by atoms with Crippen LogP contribution in [0.25, 0.3) is 68.3 Å². The molecule has 12 aromatic rings. The van der Waals surface area contributed by atoms with E-state index in [-0.39, 0.29) is 11.4 Å². The van der Waals surface area contributed by atoms with Crippen molar-refractivity contribution in [2.45, 2.75) is 77.8 Å². The zero-order valence-electron chi connectivity index (χ0n) is 46.5. The van der Waals surface area contributed by atoms with Crippen LogP contribution in [0.2, 0.25) is 0 Å². The summed E-state index contributed by atoms with van der Waals surface area (Å²) in [6, 6.07) is 16.8. The minimum Gasteiger partial charge on any atom is -0.251 e. The molecule has 88 heavy (non-hydrogen) atoms. The molecule has 6 aliphatic heterocycles. The van der Waals surface area contributed by atoms with Gasteiger partial charge in [0.25, 0.3) is 17.1 Å².